The standard InChI is InChI=1S/C24H26FN7O3/c1-26-21-8-19(29-23-16(10-28-32(21)23)24(34)30-18-4-5-20(18)33)17-11-31(14-3-2-6-35-12-14)22-15(17)7-13(25)9-27-22/h7-11,14,18,20,26,33H,2-6,12H2,1H3,(H,30,34)/t14?,18-,20-/m0/s1. The minimum absolute atomic E-state index is 0.0932. The maximum absolute atomic E-state index is 14.3. The monoisotopic (exact) mass is 479 g/mol. The molecule has 35 heavy (non-hydrogen) atoms. The molecular formula is C24H26FN7O3. The number of aliphatic hydroxyl groups is 1. The minimum atomic E-state index is -0.533. The van der Waals surface area contributed by atoms with E-state index in [1.807, 2.05) is 16.8 Å². The lowest BCUT2D eigenvalue weighted by Gasteiger charge is -2.32. The third-order valence-electron chi connectivity index (χ3n) is 6.97. The van der Waals surface area contributed by atoms with Gasteiger partial charge in [-0.2, -0.15) is 9.61 Å². The van der Waals surface area contributed by atoms with E-state index in [0.29, 0.717) is 52.3 Å². The van der Waals surface area contributed by atoms with Gasteiger partial charge in [-0.25, -0.2) is 14.4 Å². The van der Waals surface area contributed by atoms with E-state index in [2.05, 4.69) is 20.7 Å². The molecule has 4 aromatic heterocycles. The molecule has 1 saturated carbocycles. The Hall–Kier alpha value is -3.57. The maximum Gasteiger partial charge on any atom is 0.257 e. The Balaban J connectivity index is 1.48. The summed E-state index contributed by atoms with van der Waals surface area (Å²) in [6, 6.07) is 3.11. The van der Waals surface area contributed by atoms with Gasteiger partial charge in [0.15, 0.2) is 5.65 Å². The zero-order chi connectivity index (χ0) is 24.1. The molecular weight excluding hydrogens is 453 g/mol. The Bertz CT molecular complexity index is 1430. The van der Waals surface area contributed by atoms with Gasteiger partial charge in [0.05, 0.1) is 42.9 Å². The van der Waals surface area contributed by atoms with Gasteiger partial charge in [-0.05, 0) is 31.7 Å². The lowest BCUT2D eigenvalue weighted by molar-refractivity contribution is 0.0448. The second-order valence-corrected chi connectivity index (χ2v) is 9.14. The smallest absolute Gasteiger partial charge is 0.257 e. The van der Waals surface area contributed by atoms with E-state index in [1.165, 1.54) is 18.5 Å². The van der Waals surface area contributed by atoms with Crippen LogP contribution in [0.5, 0.6) is 0 Å². The second-order valence-electron chi connectivity index (χ2n) is 9.14. The van der Waals surface area contributed by atoms with Crippen LogP contribution in [0.2, 0.25) is 0 Å². The fraction of sp³-hybridized carbons (Fsp3) is 0.417. The Kier molecular flexibility index (Phi) is 5.37. The molecule has 4 aromatic rings. The first-order chi connectivity index (χ1) is 17.0. The average Bonchev–Trinajstić information content (AvgIpc) is 3.47. The summed E-state index contributed by atoms with van der Waals surface area (Å²) in [5.74, 6) is -0.154. The number of ether oxygens (including phenoxy) is 1. The first kappa shape index (κ1) is 21.9. The summed E-state index contributed by atoms with van der Waals surface area (Å²) in [5.41, 5.74) is 2.60. The van der Waals surface area contributed by atoms with E-state index in [-0.39, 0.29) is 18.0 Å². The number of pyridine rings is 1. The topological polar surface area (TPSA) is 119 Å². The summed E-state index contributed by atoms with van der Waals surface area (Å²) >= 11 is 0. The van der Waals surface area contributed by atoms with Crippen molar-refractivity contribution in [1.82, 2.24) is 29.5 Å². The molecule has 182 valence electrons. The lowest BCUT2D eigenvalue weighted by atomic mass is 9.89. The number of nitrogens with zero attached hydrogens (tertiary/aromatic N) is 5. The van der Waals surface area contributed by atoms with Gasteiger partial charge >= 0.3 is 0 Å². The fourth-order valence-electron chi connectivity index (χ4n) is 4.87. The normalized spacial score (nSPS) is 22.3. The first-order valence-electron chi connectivity index (χ1n) is 11.8. The van der Waals surface area contributed by atoms with E-state index in [9.17, 15) is 14.3 Å². The molecule has 5 heterocycles. The molecule has 0 spiro atoms. The van der Waals surface area contributed by atoms with Crippen molar-refractivity contribution >= 4 is 28.4 Å². The van der Waals surface area contributed by atoms with Crippen LogP contribution in [0.15, 0.2) is 30.7 Å². The van der Waals surface area contributed by atoms with Gasteiger partial charge in [0.25, 0.3) is 5.91 Å². The van der Waals surface area contributed by atoms with Crippen LogP contribution in [0.1, 0.15) is 42.1 Å². The predicted octanol–water partition coefficient (Wildman–Crippen LogP) is 2.53. The molecule has 0 radical (unpaired) electrons. The summed E-state index contributed by atoms with van der Waals surface area (Å²) in [7, 11) is 1.76. The molecule has 1 saturated heterocycles. The quantitative estimate of drug-likeness (QED) is 0.403. The van der Waals surface area contributed by atoms with Crippen molar-refractivity contribution < 1.29 is 19.0 Å². The van der Waals surface area contributed by atoms with Crippen LogP contribution in [-0.2, 0) is 4.74 Å². The number of rotatable bonds is 5. The number of hydrogen-bond donors (Lipinski definition) is 3. The number of carbonyl (C=O) groups is 1. The Labute approximate surface area is 200 Å². The van der Waals surface area contributed by atoms with Crippen molar-refractivity contribution in [2.24, 2.45) is 0 Å². The minimum Gasteiger partial charge on any atom is -0.391 e. The molecule has 11 heteroatoms. The van der Waals surface area contributed by atoms with Crippen LogP contribution in [0, 0.1) is 5.82 Å². The molecule has 0 bridgehead atoms. The molecule has 2 fully saturated rings. The van der Waals surface area contributed by atoms with Crippen molar-refractivity contribution in [2.75, 3.05) is 25.6 Å². The van der Waals surface area contributed by atoms with Crippen molar-refractivity contribution in [3.05, 3.63) is 42.1 Å². The van der Waals surface area contributed by atoms with Gasteiger partial charge in [0.1, 0.15) is 22.8 Å². The van der Waals surface area contributed by atoms with Gasteiger partial charge in [-0.3, -0.25) is 4.79 Å². The summed E-state index contributed by atoms with van der Waals surface area (Å²) in [6.07, 6.45) is 7.38. The SMILES string of the molecule is CNc1cc(-c2cn(C3CCCOC3)c3ncc(F)cc23)nc2c(C(=O)N[C@H]3CC[C@@H]3O)cnn12. The van der Waals surface area contributed by atoms with Crippen molar-refractivity contribution in [3.8, 4) is 11.3 Å². The molecule has 1 aliphatic heterocycles. The van der Waals surface area contributed by atoms with E-state index in [1.54, 1.807) is 11.6 Å². The number of aliphatic hydroxyl groups excluding tert-OH is 1. The van der Waals surface area contributed by atoms with Gasteiger partial charge < -0.3 is 25.0 Å². The molecule has 3 N–H and O–H groups in total. The zero-order valence-electron chi connectivity index (χ0n) is 19.2. The number of fused-ring (bicyclic) bond motifs is 2. The van der Waals surface area contributed by atoms with E-state index in [4.69, 9.17) is 9.72 Å². The molecule has 3 atom stereocenters. The summed E-state index contributed by atoms with van der Waals surface area (Å²) in [4.78, 5) is 22.1. The molecule has 6 rings (SSSR count). The van der Waals surface area contributed by atoms with Crippen LogP contribution in [0.3, 0.4) is 0 Å². The zero-order valence-corrected chi connectivity index (χ0v) is 19.2. The maximum atomic E-state index is 14.3. The molecule has 0 aromatic carbocycles. The van der Waals surface area contributed by atoms with Crippen LogP contribution >= 0.6 is 0 Å². The predicted molar refractivity (Wildman–Crippen MR) is 127 cm³/mol. The van der Waals surface area contributed by atoms with E-state index in [0.717, 1.165) is 25.9 Å². The van der Waals surface area contributed by atoms with Crippen LogP contribution in [-0.4, -0.2) is 67.6 Å². The Morgan fingerprint density at radius 3 is 2.83 bits per heavy atom. The number of halogens is 1. The summed E-state index contributed by atoms with van der Waals surface area (Å²) < 4.78 is 23.6. The second kappa shape index (κ2) is 8.58. The number of aromatic nitrogens is 5. The number of carbonyl (C=O) groups excluding carboxylic acids is 1. The molecule has 10 nitrogen and oxygen atoms in total. The van der Waals surface area contributed by atoms with Gasteiger partial charge in [-0.1, -0.05) is 0 Å². The number of anilines is 1. The summed E-state index contributed by atoms with van der Waals surface area (Å²) in [5, 5.41) is 20.8. The number of amides is 1. The van der Waals surface area contributed by atoms with Gasteiger partial charge in [-0.15, -0.1) is 0 Å². The average molecular weight is 480 g/mol. The van der Waals surface area contributed by atoms with E-state index < -0.39 is 11.9 Å². The third-order valence-corrected chi connectivity index (χ3v) is 6.97. The highest BCUT2D eigenvalue weighted by Gasteiger charge is 2.31. The van der Waals surface area contributed by atoms with Crippen LogP contribution in [0.25, 0.3) is 27.9 Å². The number of hydrogen-bond acceptors (Lipinski definition) is 7. The molecule has 1 aliphatic carbocycles. The highest BCUT2D eigenvalue weighted by Crippen LogP contribution is 2.35. The van der Waals surface area contributed by atoms with Gasteiger partial charge in [0.2, 0.25) is 0 Å². The number of nitrogens with one attached hydrogen (secondary N) is 2. The Morgan fingerprint density at radius 1 is 1.23 bits per heavy atom. The highest BCUT2D eigenvalue weighted by atomic mass is 19.1. The van der Waals surface area contributed by atoms with E-state index >= 15 is 0 Å². The molecule has 1 amide bonds. The lowest BCUT2D eigenvalue weighted by Crippen LogP contribution is -2.50. The van der Waals surface area contributed by atoms with Crippen molar-refractivity contribution in [3.63, 3.8) is 0 Å². The van der Waals surface area contributed by atoms with Crippen molar-refractivity contribution in [2.45, 2.75) is 43.9 Å². The molecule has 1 unspecified atom stereocenters. The van der Waals surface area contributed by atoms with Gasteiger partial charge in [0, 0.05) is 36.9 Å². The highest BCUT2D eigenvalue weighted by molar-refractivity contribution is 6.01. The van der Waals surface area contributed by atoms with Crippen molar-refractivity contribution in [1.29, 1.82) is 0 Å². The third kappa shape index (κ3) is 3.71. The Morgan fingerprint density at radius 2 is 2.11 bits per heavy atom. The largest absolute Gasteiger partial charge is 0.391 e. The van der Waals surface area contributed by atoms with Crippen LogP contribution in [0.4, 0.5) is 10.2 Å². The molecule has 2 aliphatic rings. The fourth-order valence-corrected chi connectivity index (χ4v) is 4.87. The first-order valence-corrected chi connectivity index (χ1v) is 11.8. The van der Waals surface area contributed by atoms with Crippen LogP contribution < -0.4 is 10.6 Å². The summed E-state index contributed by atoms with van der Waals surface area (Å²) in [6.45, 7) is 1.30.